The Morgan fingerprint density at radius 1 is 0.833 bits per heavy atom. The van der Waals surface area contributed by atoms with Crippen LogP contribution in [0, 0.1) is 4.78 Å². The van der Waals surface area contributed by atoms with Crippen LogP contribution in [0.25, 0.3) is 0 Å². The van der Waals surface area contributed by atoms with Gasteiger partial charge in [0.25, 0.3) is 0 Å². The van der Waals surface area contributed by atoms with E-state index in [4.69, 9.17) is 4.78 Å². The lowest BCUT2D eigenvalue weighted by atomic mass is 10.3. The van der Waals surface area contributed by atoms with Crippen molar-refractivity contribution >= 4 is 10.7 Å². The fraction of sp³-hybridized carbons (Fsp3) is 1.00. The zero-order chi connectivity index (χ0) is 9.23. The van der Waals surface area contributed by atoms with Gasteiger partial charge in [-0.3, -0.25) is 4.78 Å². The van der Waals surface area contributed by atoms with Gasteiger partial charge in [-0.05, 0) is 12.8 Å². The van der Waals surface area contributed by atoms with Gasteiger partial charge in [-0.2, -0.15) is 0 Å². The summed E-state index contributed by atoms with van der Waals surface area (Å²) in [5.74, 6) is 2.30. The van der Waals surface area contributed by atoms with E-state index in [9.17, 15) is 0 Å². The lowest BCUT2D eigenvalue weighted by Gasteiger charge is -2.03. The molecule has 0 radical (unpaired) electrons. The lowest BCUT2D eigenvalue weighted by Crippen LogP contribution is -2.00. The van der Waals surface area contributed by atoms with Crippen LogP contribution in [-0.4, -0.2) is 11.5 Å². The largest absolute Gasteiger partial charge is 0.280 e. The third-order valence-electron chi connectivity index (χ3n) is 1.99. The highest BCUT2D eigenvalue weighted by Gasteiger charge is 1.94. The fourth-order valence-electron chi connectivity index (χ4n) is 1.15. The summed E-state index contributed by atoms with van der Waals surface area (Å²) in [7, 11) is -0.0230. The Kier molecular flexibility index (Phi) is 9.36. The number of hydrogen-bond acceptors (Lipinski definition) is 1. The van der Waals surface area contributed by atoms with Crippen LogP contribution in [0.3, 0.4) is 0 Å². The molecule has 1 nitrogen and oxygen atoms in total. The molecule has 2 heteroatoms. The van der Waals surface area contributed by atoms with Crippen LogP contribution in [-0.2, 0) is 10.7 Å². The van der Waals surface area contributed by atoms with Crippen LogP contribution in [0.4, 0.5) is 0 Å². The van der Waals surface area contributed by atoms with E-state index in [0.29, 0.717) is 0 Å². The Balaban J connectivity index is 3.10. The monoisotopic (exact) mass is 189 g/mol. The molecule has 12 heavy (non-hydrogen) atoms. The minimum absolute atomic E-state index is 0.0230. The summed E-state index contributed by atoms with van der Waals surface area (Å²) in [6.45, 7) is 4.44. The smallest absolute Gasteiger partial charge is 0.00385 e. The van der Waals surface area contributed by atoms with Crippen LogP contribution in [0.1, 0.15) is 52.4 Å². The van der Waals surface area contributed by atoms with Gasteiger partial charge < -0.3 is 0 Å². The molecule has 0 amide bonds. The molecule has 0 aliphatic heterocycles. The first-order valence-electron chi connectivity index (χ1n) is 5.20. The van der Waals surface area contributed by atoms with Gasteiger partial charge >= 0.3 is 0 Å². The maximum Gasteiger partial charge on any atom is 0.00385 e. The third kappa shape index (κ3) is 8.25. The highest BCUT2D eigenvalue weighted by Crippen LogP contribution is 2.01. The van der Waals surface area contributed by atoms with Crippen molar-refractivity contribution in [3.8, 4) is 0 Å². The molecule has 0 aromatic carbocycles. The Morgan fingerprint density at radius 3 is 1.58 bits per heavy atom. The molecule has 0 aliphatic rings. The molecule has 0 saturated heterocycles. The fourth-order valence-corrected chi connectivity index (χ4v) is 2.46. The maximum atomic E-state index is 7.76. The maximum absolute atomic E-state index is 7.76. The summed E-state index contributed by atoms with van der Waals surface area (Å²) in [6.07, 6.45) is 7.75. The van der Waals surface area contributed by atoms with E-state index >= 15 is 0 Å². The summed E-state index contributed by atoms with van der Waals surface area (Å²) >= 11 is 0. The van der Waals surface area contributed by atoms with Crippen molar-refractivity contribution in [1.82, 2.24) is 0 Å². The molecular weight excluding hydrogens is 166 g/mol. The molecule has 0 rings (SSSR count). The summed E-state index contributed by atoms with van der Waals surface area (Å²) < 4.78 is 7.76. The second-order valence-corrected chi connectivity index (χ2v) is 5.12. The third-order valence-corrected chi connectivity index (χ3v) is 3.55. The van der Waals surface area contributed by atoms with E-state index in [2.05, 4.69) is 13.8 Å². The number of nitrogens with one attached hydrogen (secondary N) is 1. The van der Waals surface area contributed by atoms with E-state index in [1.54, 1.807) is 0 Å². The van der Waals surface area contributed by atoms with E-state index in [1.807, 2.05) is 0 Å². The van der Waals surface area contributed by atoms with E-state index < -0.39 is 0 Å². The Hall–Kier alpha value is 0.150. The average molecular weight is 189 g/mol. The molecule has 0 fully saturated rings. The molecular formula is C10H23NS. The zero-order valence-electron chi connectivity index (χ0n) is 8.57. The Morgan fingerprint density at radius 2 is 1.25 bits per heavy atom. The average Bonchev–Trinajstić information content (AvgIpc) is 2.06. The van der Waals surface area contributed by atoms with Gasteiger partial charge in [0.15, 0.2) is 0 Å². The number of rotatable bonds is 8. The minimum atomic E-state index is -0.0230. The van der Waals surface area contributed by atoms with Gasteiger partial charge in [0.1, 0.15) is 0 Å². The summed E-state index contributed by atoms with van der Waals surface area (Å²) in [6, 6.07) is 0. The molecule has 0 heterocycles. The minimum Gasteiger partial charge on any atom is -0.280 e. The topological polar surface area (TPSA) is 23.9 Å². The van der Waals surface area contributed by atoms with Crippen LogP contribution in [0.2, 0.25) is 0 Å². The predicted molar refractivity (Wildman–Crippen MR) is 58.9 cm³/mol. The molecule has 74 valence electrons. The highest BCUT2D eigenvalue weighted by atomic mass is 32.2. The second-order valence-electron chi connectivity index (χ2n) is 3.32. The quantitative estimate of drug-likeness (QED) is 0.562. The van der Waals surface area contributed by atoms with E-state index in [1.165, 1.54) is 38.5 Å². The lowest BCUT2D eigenvalue weighted by molar-refractivity contribution is 0.765. The summed E-state index contributed by atoms with van der Waals surface area (Å²) in [4.78, 5) is 0. The molecule has 0 spiro atoms. The Bertz CT molecular complexity index is 100. The summed E-state index contributed by atoms with van der Waals surface area (Å²) in [5, 5.41) is 0. The normalized spacial score (nSPS) is 10.9. The zero-order valence-corrected chi connectivity index (χ0v) is 9.38. The van der Waals surface area contributed by atoms with Gasteiger partial charge in [-0.15, -0.1) is 10.7 Å². The van der Waals surface area contributed by atoms with Gasteiger partial charge in [0.2, 0.25) is 0 Å². The molecule has 0 aromatic rings. The number of unbranched alkanes of at least 4 members (excludes halogenated alkanes) is 4. The van der Waals surface area contributed by atoms with Crippen LogP contribution in [0.15, 0.2) is 0 Å². The van der Waals surface area contributed by atoms with Crippen LogP contribution >= 0.6 is 0 Å². The number of hydrogen-bond donors (Lipinski definition) is 1. The first-order chi connectivity index (χ1) is 5.81. The van der Waals surface area contributed by atoms with Crippen molar-refractivity contribution < 1.29 is 0 Å². The van der Waals surface area contributed by atoms with Crippen molar-refractivity contribution in [2.75, 3.05) is 11.5 Å². The van der Waals surface area contributed by atoms with Crippen molar-refractivity contribution in [2.24, 2.45) is 0 Å². The first-order valence-corrected chi connectivity index (χ1v) is 6.76. The van der Waals surface area contributed by atoms with E-state index in [-0.39, 0.29) is 10.7 Å². The van der Waals surface area contributed by atoms with Gasteiger partial charge in [-0.25, -0.2) is 0 Å². The SMILES string of the molecule is CCCCCS(=N)CCCCC. The van der Waals surface area contributed by atoms with Crippen molar-refractivity contribution in [3.05, 3.63) is 0 Å². The molecule has 0 aromatic heterocycles. The van der Waals surface area contributed by atoms with Gasteiger partial charge in [-0.1, -0.05) is 39.5 Å². The molecule has 1 N–H and O–H groups in total. The molecule has 0 bridgehead atoms. The van der Waals surface area contributed by atoms with E-state index in [0.717, 1.165) is 11.5 Å². The summed E-state index contributed by atoms with van der Waals surface area (Å²) in [5.41, 5.74) is 0. The van der Waals surface area contributed by atoms with Crippen molar-refractivity contribution in [3.63, 3.8) is 0 Å². The van der Waals surface area contributed by atoms with Crippen molar-refractivity contribution in [2.45, 2.75) is 52.4 Å². The predicted octanol–water partition coefficient (Wildman–Crippen LogP) is 3.75. The Labute approximate surface area is 79.8 Å². The molecule has 0 saturated carbocycles. The second kappa shape index (κ2) is 9.24. The van der Waals surface area contributed by atoms with Crippen molar-refractivity contribution in [1.29, 1.82) is 4.78 Å². The van der Waals surface area contributed by atoms with Gasteiger partial charge in [0.05, 0.1) is 0 Å². The standard InChI is InChI=1S/C10H23NS/c1-3-5-7-9-12(11)10-8-6-4-2/h11H,3-10H2,1-2H3. The van der Waals surface area contributed by atoms with Crippen LogP contribution in [0.5, 0.6) is 0 Å². The molecule has 0 aliphatic carbocycles. The van der Waals surface area contributed by atoms with Crippen LogP contribution < -0.4 is 0 Å². The molecule has 0 unspecified atom stereocenters. The van der Waals surface area contributed by atoms with Gasteiger partial charge in [0, 0.05) is 11.5 Å². The first kappa shape index (κ1) is 12.2. The highest BCUT2D eigenvalue weighted by molar-refractivity contribution is 7.85. The molecule has 0 atom stereocenters.